The maximum Gasteiger partial charge on any atom is 0.272 e. The molecular formula is C16H14N2O4S3. The van der Waals surface area contributed by atoms with Gasteiger partial charge in [-0.15, -0.1) is 23.1 Å². The minimum absolute atomic E-state index is 0.0788. The molecule has 2 amide bonds. The lowest BCUT2D eigenvalue weighted by atomic mass is 10.2. The van der Waals surface area contributed by atoms with Gasteiger partial charge >= 0.3 is 0 Å². The van der Waals surface area contributed by atoms with Crippen LogP contribution in [0.15, 0.2) is 51.6 Å². The zero-order valence-corrected chi connectivity index (χ0v) is 15.6. The molecule has 2 heterocycles. The summed E-state index contributed by atoms with van der Waals surface area (Å²) in [7, 11) is -3.84. The molecular weight excluding hydrogens is 380 g/mol. The van der Waals surface area contributed by atoms with Crippen LogP contribution in [0.5, 0.6) is 0 Å². The second-order valence-electron chi connectivity index (χ2n) is 5.10. The average molecular weight is 394 g/mol. The van der Waals surface area contributed by atoms with E-state index in [-0.39, 0.29) is 4.90 Å². The van der Waals surface area contributed by atoms with Gasteiger partial charge in [-0.2, -0.15) is 0 Å². The molecule has 1 aromatic heterocycles. The Morgan fingerprint density at radius 1 is 1.12 bits per heavy atom. The SMILES string of the molecule is CCSC1=C(c2cccs2)C(=O)N(c2ccc(S(N)(=O)=O)cc2)C1=O. The molecule has 6 nitrogen and oxygen atoms in total. The number of sulfonamides is 1. The lowest BCUT2D eigenvalue weighted by Crippen LogP contribution is -2.31. The molecule has 2 aromatic rings. The molecule has 0 fully saturated rings. The summed E-state index contributed by atoms with van der Waals surface area (Å²) in [6.45, 7) is 1.91. The van der Waals surface area contributed by atoms with Gasteiger partial charge in [-0.25, -0.2) is 18.5 Å². The van der Waals surface area contributed by atoms with Crippen LogP contribution >= 0.6 is 23.1 Å². The third-order valence-electron chi connectivity index (χ3n) is 3.52. The Kier molecular flexibility index (Phi) is 4.83. The first-order chi connectivity index (χ1) is 11.8. The molecule has 1 aliphatic rings. The van der Waals surface area contributed by atoms with Gasteiger partial charge in [-0.05, 0) is 41.5 Å². The number of carbonyl (C=O) groups is 2. The summed E-state index contributed by atoms with van der Waals surface area (Å²) in [5.74, 6) is -0.156. The van der Waals surface area contributed by atoms with Crippen LogP contribution in [-0.2, 0) is 19.6 Å². The highest BCUT2D eigenvalue weighted by molar-refractivity contribution is 8.04. The Bertz CT molecular complexity index is 961. The standard InChI is InChI=1S/C16H14N2O4S3/c1-2-23-14-13(12-4-3-9-24-12)15(19)18(16(14)20)10-5-7-11(8-6-10)25(17,21)22/h3-9H,2H2,1H3,(H2,17,21,22). The molecule has 0 atom stereocenters. The van der Waals surface area contributed by atoms with Crippen LogP contribution in [0.3, 0.4) is 0 Å². The van der Waals surface area contributed by atoms with E-state index in [1.807, 2.05) is 18.4 Å². The molecule has 0 unspecified atom stereocenters. The number of thioether (sulfide) groups is 1. The topological polar surface area (TPSA) is 97.5 Å². The summed E-state index contributed by atoms with van der Waals surface area (Å²) in [5.41, 5.74) is 0.700. The van der Waals surface area contributed by atoms with Crippen molar-refractivity contribution < 1.29 is 18.0 Å². The van der Waals surface area contributed by atoms with Crippen molar-refractivity contribution >= 4 is 56.2 Å². The van der Waals surface area contributed by atoms with E-state index in [1.54, 1.807) is 6.07 Å². The van der Waals surface area contributed by atoms with E-state index in [1.165, 1.54) is 47.4 Å². The number of anilines is 1. The number of nitrogens with two attached hydrogens (primary N) is 1. The van der Waals surface area contributed by atoms with Crippen molar-refractivity contribution in [2.75, 3.05) is 10.7 Å². The van der Waals surface area contributed by atoms with Gasteiger partial charge < -0.3 is 0 Å². The van der Waals surface area contributed by atoms with Crippen LogP contribution in [0, 0.1) is 0 Å². The minimum atomic E-state index is -3.84. The Morgan fingerprint density at radius 3 is 2.32 bits per heavy atom. The van der Waals surface area contributed by atoms with E-state index in [0.717, 1.165) is 9.78 Å². The monoisotopic (exact) mass is 394 g/mol. The summed E-state index contributed by atoms with van der Waals surface area (Å²) in [4.78, 5) is 27.8. The highest BCUT2D eigenvalue weighted by atomic mass is 32.2. The lowest BCUT2D eigenvalue weighted by Gasteiger charge is -2.15. The summed E-state index contributed by atoms with van der Waals surface area (Å²) in [5, 5.41) is 6.92. The third-order valence-corrected chi connectivity index (χ3v) is 6.29. The smallest absolute Gasteiger partial charge is 0.268 e. The van der Waals surface area contributed by atoms with Crippen molar-refractivity contribution in [3.05, 3.63) is 51.6 Å². The van der Waals surface area contributed by atoms with E-state index in [9.17, 15) is 18.0 Å². The number of carbonyl (C=O) groups excluding carboxylic acids is 2. The molecule has 3 rings (SSSR count). The summed E-state index contributed by atoms with van der Waals surface area (Å²) >= 11 is 2.71. The van der Waals surface area contributed by atoms with Crippen molar-refractivity contribution in [2.24, 2.45) is 5.14 Å². The molecule has 2 N–H and O–H groups in total. The number of primary sulfonamides is 1. The number of thiophene rings is 1. The zero-order valence-electron chi connectivity index (χ0n) is 13.1. The second-order valence-corrected chi connectivity index (χ2v) is 8.88. The molecule has 1 aliphatic heterocycles. The fourth-order valence-electron chi connectivity index (χ4n) is 2.45. The Morgan fingerprint density at radius 2 is 1.80 bits per heavy atom. The quantitative estimate of drug-likeness (QED) is 0.786. The highest BCUT2D eigenvalue weighted by Crippen LogP contribution is 2.39. The van der Waals surface area contributed by atoms with Crippen LogP contribution < -0.4 is 10.0 Å². The third kappa shape index (κ3) is 3.28. The summed E-state index contributed by atoms with van der Waals surface area (Å²) in [6.07, 6.45) is 0. The number of hydrogen-bond donors (Lipinski definition) is 1. The molecule has 0 aliphatic carbocycles. The van der Waals surface area contributed by atoms with Crippen molar-refractivity contribution in [3.8, 4) is 0 Å². The van der Waals surface area contributed by atoms with Crippen LogP contribution in [-0.4, -0.2) is 26.0 Å². The maximum atomic E-state index is 12.9. The normalized spacial score (nSPS) is 15.4. The maximum absolute atomic E-state index is 12.9. The van der Waals surface area contributed by atoms with E-state index >= 15 is 0 Å². The number of rotatable bonds is 5. The van der Waals surface area contributed by atoms with Crippen LogP contribution in [0.1, 0.15) is 11.8 Å². The van der Waals surface area contributed by atoms with Gasteiger partial charge in [0.05, 0.1) is 21.1 Å². The van der Waals surface area contributed by atoms with Gasteiger partial charge in [-0.3, -0.25) is 9.59 Å². The van der Waals surface area contributed by atoms with Gasteiger partial charge in [0.1, 0.15) is 0 Å². The molecule has 1 aromatic carbocycles. The van der Waals surface area contributed by atoms with E-state index in [2.05, 4.69) is 0 Å². The molecule has 0 radical (unpaired) electrons. The number of imide groups is 1. The Hall–Kier alpha value is -1.94. The summed E-state index contributed by atoms with van der Waals surface area (Å²) < 4.78 is 22.7. The Labute approximate surface area is 153 Å². The number of nitrogens with zero attached hydrogens (tertiary/aromatic N) is 1. The fraction of sp³-hybridized carbons (Fsp3) is 0.125. The lowest BCUT2D eigenvalue weighted by molar-refractivity contribution is -0.119. The minimum Gasteiger partial charge on any atom is -0.268 e. The van der Waals surface area contributed by atoms with Gasteiger partial charge in [0.15, 0.2) is 0 Å². The number of benzene rings is 1. The Balaban J connectivity index is 2.03. The zero-order chi connectivity index (χ0) is 18.2. The van der Waals surface area contributed by atoms with Crippen molar-refractivity contribution in [1.29, 1.82) is 0 Å². The molecule has 0 saturated carbocycles. The molecule has 9 heteroatoms. The summed E-state index contributed by atoms with van der Waals surface area (Å²) in [6, 6.07) is 8.99. The molecule has 0 saturated heterocycles. The first-order valence-corrected chi connectivity index (χ1v) is 10.7. The van der Waals surface area contributed by atoms with Crippen LogP contribution in [0.25, 0.3) is 5.57 Å². The van der Waals surface area contributed by atoms with Gasteiger partial charge in [-0.1, -0.05) is 13.0 Å². The average Bonchev–Trinajstić information content (AvgIpc) is 3.15. The van der Waals surface area contributed by atoms with E-state index in [0.29, 0.717) is 21.9 Å². The molecule has 0 bridgehead atoms. The van der Waals surface area contributed by atoms with Gasteiger partial charge in [0, 0.05) is 4.88 Å². The van der Waals surface area contributed by atoms with Crippen molar-refractivity contribution in [1.82, 2.24) is 0 Å². The predicted molar refractivity (Wildman–Crippen MR) is 99.7 cm³/mol. The number of hydrogen-bond acceptors (Lipinski definition) is 6. The largest absolute Gasteiger partial charge is 0.272 e. The van der Waals surface area contributed by atoms with Crippen molar-refractivity contribution in [3.63, 3.8) is 0 Å². The van der Waals surface area contributed by atoms with Crippen LogP contribution in [0.2, 0.25) is 0 Å². The molecule has 25 heavy (non-hydrogen) atoms. The first-order valence-electron chi connectivity index (χ1n) is 7.27. The number of amides is 2. The van der Waals surface area contributed by atoms with E-state index in [4.69, 9.17) is 5.14 Å². The van der Waals surface area contributed by atoms with Gasteiger partial charge in [0.2, 0.25) is 10.0 Å². The molecule has 130 valence electrons. The van der Waals surface area contributed by atoms with E-state index < -0.39 is 21.8 Å². The molecule has 0 spiro atoms. The van der Waals surface area contributed by atoms with Crippen LogP contribution in [0.4, 0.5) is 5.69 Å². The van der Waals surface area contributed by atoms with Gasteiger partial charge in [0.25, 0.3) is 11.8 Å². The highest BCUT2D eigenvalue weighted by Gasteiger charge is 2.40. The second kappa shape index (κ2) is 6.75. The van der Waals surface area contributed by atoms with Crippen molar-refractivity contribution in [2.45, 2.75) is 11.8 Å². The first kappa shape index (κ1) is 17.9. The predicted octanol–water partition coefficient (Wildman–Crippen LogP) is 2.43. The fourth-order valence-corrected chi connectivity index (χ4v) is 4.64.